The van der Waals surface area contributed by atoms with Crippen molar-refractivity contribution in [2.75, 3.05) is 6.61 Å². The molecule has 0 spiro atoms. The van der Waals surface area contributed by atoms with E-state index in [2.05, 4.69) is 0 Å². The first-order chi connectivity index (χ1) is 8.74. The zero-order chi connectivity index (χ0) is 14.6. The minimum absolute atomic E-state index is 0.0525. The van der Waals surface area contributed by atoms with E-state index in [4.69, 9.17) is 27.5 Å². The van der Waals surface area contributed by atoms with Crippen molar-refractivity contribution in [3.63, 3.8) is 0 Å². The number of ether oxygens (including phenoxy) is 1. The monoisotopic (exact) mass is 285 g/mol. The summed E-state index contributed by atoms with van der Waals surface area (Å²) in [5, 5.41) is 18.6. The van der Waals surface area contributed by atoms with Crippen molar-refractivity contribution in [3.05, 3.63) is 33.3 Å². The third-order valence-electron chi connectivity index (χ3n) is 2.83. The molecule has 1 aromatic rings. The van der Waals surface area contributed by atoms with Gasteiger partial charge in [-0.25, -0.2) is 0 Å². The van der Waals surface area contributed by atoms with Gasteiger partial charge in [0.25, 0.3) is 0 Å². The summed E-state index contributed by atoms with van der Waals surface area (Å²) in [5.41, 5.74) is 4.81. The Kier molecular flexibility index (Phi) is 4.72. The van der Waals surface area contributed by atoms with Crippen LogP contribution in [0.2, 0.25) is 5.02 Å². The van der Waals surface area contributed by atoms with Gasteiger partial charge in [-0.05, 0) is 12.5 Å². The smallest absolute Gasteiger partial charge is 0.311 e. The summed E-state index contributed by atoms with van der Waals surface area (Å²) in [7, 11) is 0. The van der Waals surface area contributed by atoms with Gasteiger partial charge in [0.15, 0.2) is 5.75 Å². The van der Waals surface area contributed by atoms with Crippen molar-refractivity contribution in [2.45, 2.75) is 20.3 Å². The number of nitro benzene ring substituents is 1. The Labute approximate surface area is 116 Å². The predicted octanol–water partition coefficient (Wildman–Crippen LogP) is 2.98. The number of nitrogens with two attached hydrogens (primary N) is 1. The van der Waals surface area contributed by atoms with Crippen molar-refractivity contribution in [1.82, 2.24) is 0 Å². The SMILES string of the molecule is CC(C)(CCOc1cc(Cl)ccc1[N+](=O)[O-])C(=N)N. The predicted molar refractivity (Wildman–Crippen MR) is 73.9 cm³/mol. The third-order valence-corrected chi connectivity index (χ3v) is 3.07. The summed E-state index contributed by atoms with van der Waals surface area (Å²) in [6, 6.07) is 4.14. The summed E-state index contributed by atoms with van der Waals surface area (Å²) in [4.78, 5) is 10.3. The van der Waals surface area contributed by atoms with Crippen LogP contribution in [0.1, 0.15) is 20.3 Å². The molecule has 0 aliphatic carbocycles. The first-order valence-corrected chi connectivity index (χ1v) is 6.03. The number of halogens is 1. The van der Waals surface area contributed by atoms with Crippen LogP contribution in [0.25, 0.3) is 0 Å². The maximum Gasteiger partial charge on any atom is 0.311 e. The van der Waals surface area contributed by atoms with Crippen LogP contribution in [0.3, 0.4) is 0 Å². The van der Waals surface area contributed by atoms with Gasteiger partial charge >= 0.3 is 5.69 Å². The van der Waals surface area contributed by atoms with Crippen molar-refractivity contribution in [3.8, 4) is 5.75 Å². The number of nitro groups is 1. The molecule has 0 radical (unpaired) electrons. The number of nitrogens with one attached hydrogen (secondary N) is 1. The molecule has 0 heterocycles. The summed E-state index contributed by atoms with van der Waals surface area (Å²) >= 11 is 5.78. The molecule has 6 nitrogen and oxygen atoms in total. The lowest BCUT2D eigenvalue weighted by molar-refractivity contribution is -0.385. The van der Waals surface area contributed by atoms with Crippen molar-refractivity contribution in [2.24, 2.45) is 11.1 Å². The van der Waals surface area contributed by atoms with Gasteiger partial charge in [0.05, 0.1) is 17.4 Å². The second-order valence-electron chi connectivity index (χ2n) is 4.77. The highest BCUT2D eigenvalue weighted by Gasteiger charge is 2.22. The molecule has 7 heteroatoms. The molecule has 0 unspecified atom stereocenters. The largest absolute Gasteiger partial charge is 0.487 e. The molecule has 1 aromatic carbocycles. The first-order valence-electron chi connectivity index (χ1n) is 5.65. The van der Waals surface area contributed by atoms with Crippen LogP contribution in [-0.4, -0.2) is 17.4 Å². The Morgan fingerprint density at radius 3 is 2.74 bits per heavy atom. The highest BCUT2D eigenvalue weighted by molar-refractivity contribution is 6.30. The van der Waals surface area contributed by atoms with E-state index in [0.717, 1.165) is 0 Å². The Hall–Kier alpha value is -1.82. The molecule has 19 heavy (non-hydrogen) atoms. The second kappa shape index (κ2) is 5.88. The third kappa shape index (κ3) is 4.10. The molecule has 0 saturated carbocycles. The molecular weight excluding hydrogens is 270 g/mol. The second-order valence-corrected chi connectivity index (χ2v) is 5.20. The average Bonchev–Trinajstić information content (AvgIpc) is 2.28. The molecule has 0 aliphatic rings. The number of amidine groups is 1. The van der Waals surface area contributed by atoms with Crippen LogP contribution < -0.4 is 10.5 Å². The summed E-state index contributed by atoms with van der Waals surface area (Å²) in [6.45, 7) is 3.84. The molecule has 1 rings (SSSR count). The quantitative estimate of drug-likeness (QED) is 0.363. The van der Waals surface area contributed by atoms with Gasteiger partial charge in [-0.3, -0.25) is 15.5 Å². The lowest BCUT2D eigenvalue weighted by atomic mass is 9.88. The molecule has 0 bridgehead atoms. The number of hydrogen-bond acceptors (Lipinski definition) is 4. The van der Waals surface area contributed by atoms with Crippen LogP contribution >= 0.6 is 11.6 Å². The van der Waals surface area contributed by atoms with Gasteiger partial charge in [-0.15, -0.1) is 0 Å². The normalized spacial score (nSPS) is 11.1. The molecular formula is C12H16ClN3O3. The first kappa shape index (κ1) is 15.2. The summed E-state index contributed by atoms with van der Waals surface area (Å²) in [5.74, 6) is 0.175. The van der Waals surface area contributed by atoms with E-state index in [-0.39, 0.29) is 23.9 Å². The molecule has 104 valence electrons. The van der Waals surface area contributed by atoms with Gasteiger partial charge < -0.3 is 10.5 Å². The topological polar surface area (TPSA) is 102 Å². The molecule has 0 fully saturated rings. The van der Waals surface area contributed by atoms with E-state index in [1.165, 1.54) is 18.2 Å². The van der Waals surface area contributed by atoms with E-state index in [1.807, 2.05) is 13.8 Å². The minimum atomic E-state index is -0.526. The van der Waals surface area contributed by atoms with E-state index in [0.29, 0.717) is 11.4 Å². The zero-order valence-corrected chi connectivity index (χ0v) is 11.5. The number of benzene rings is 1. The number of rotatable bonds is 6. The van der Waals surface area contributed by atoms with E-state index in [1.54, 1.807) is 0 Å². The van der Waals surface area contributed by atoms with E-state index in [9.17, 15) is 10.1 Å². The van der Waals surface area contributed by atoms with Gasteiger partial charge in [0.1, 0.15) is 0 Å². The summed E-state index contributed by atoms with van der Waals surface area (Å²) in [6.07, 6.45) is 0.478. The molecule has 3 N–H and O–H groups in total. The average molecular weight is 286 g/mol. The Balaban J connectivity index is 2.75. The van der Waals surface area contributed by atoms with Crippen molar-refractivity contribution >= 4 is 23.1 Å². The lowest BCUT2D eigenvalue weighted by Crippen LogP contribution is -2.32. The van der Waals surface area contributed by atoms with Crippen LogP contribution in [0.5, 0.6) is 5.75 Å². The van der Waals surface area contributed by atoms with E-state index >= 15 is 0 Å². The Morgan fingerprint density at radius 2 is 2.21 bits per heavy atom. The lowest BCUT2D eigenvalue weighted by Gasteiger charge is -2.22. The van der Waals surface area contributed by atoms with Crippen LogP contribution in [0.4, 0.5) is 5.69 Å². The van der Waals surface area contributed by atoms with Gasteiger partial charge in [-0.2, -0.15) is 0 Å². The fraction of sp³-hybridized carbons (Fsp3) is 0.417. The fourth-order valence-electron chi connectivity index (χ4n) is 1.31. The maximum atomic E-state index is 10.8. The standard InChI is InChI=1S/C12H16ClN3O3/c1-12(2,11(14)15)5-6-19-10-7-8(13)3-4-9(10)16(17)18/h3-4,7H,5-6H2,1-2H3,(H3,14,15). The fourth-order valence-corrected chi connectivity index (χ4v) is 1.47. The Bertz CT molecular complexity index is 503. The highest BCUT2D eigenvalue weighted by Crippen LogP contribution is 2.30. The van der Waals surface area contributed by atoms with Crippen LogP contribution in [-0.2, 0) is 0 Å². The molecule has 0 aromatic heterocycles. The maximum absolute atomic E-state index is 10.8. The number of hydrogen-bond donors (Lipinski definition) is 2. The molecule has 0 atom stereocenters. The van der Waals surface area contributed by atoms with Gasteiger partial charge in [-0.1, -0.05) is 25.4 Å². The summed E-state index contributed by atoms with van der Waals surface area (Å²) < 4.78 is 5.39. The van der Waals surface area contributed by atoms with Crippen LogP contribution in [0.15, 0.2) is 18.2 Å². The van der Waals surface area contributed by atoms with Gasteiger partial charge in [0, 0.05) is 22.6 Å². The minimum Gasteiger partial charge on any atom is -0.487 e. The van der Waals surface area contributed by atoms with Gasteiger partial charge in [0.2, 0.25) is 0 Å². The zero-order valence-electron chi connectivity index (χ0n) is 10.8. The van der Waals surface area contributed by atoms with Crippen molar-refractivity contribution < 1.29 is 9.66 Å². The highest BCUT2D eigenvalue weighted by atomic mass is 35.5. The molecule has 0 aliphatic heterocycles. The molecule has 0 saturated heterocycles. The van der Waals surface area contributed by atoms with Crippen LogP contribution in [0, 0.1) is 20.9 Å². The molecule has 0 amide bonds. The van der Waals surface area contributed by atoms with E-state index < -0.39 is 10.3 Å². The van der Waals surface area contributed by atoms with Crippen molar-refractivity contribution in [1.29, 1.82) is 5.41 Å². The number of nitrogens with zero attached hydrogens (tertiary/aromatic N) is 1. The Morgan fingerprint density at radius 1 is 1.58 bits per heavy atom.